The van der Waals surface area contributed by atoms with E-state index in [4.69, 9.17) is 19.8 Å². The van der Waals surface area contributed by atoms with E-state index in [0.29, 0.717) is 22.8 Å². The van der Waals surface area contributed by atoms with Crippen molar-refractivity contribution in [1.82, 2.24) is 10.6 Å². The molecule has 0 aliphatic carbocycles. The molecule has 136 valence electrons. The van der Waals surface area contributed by atoms with Crippen LogP contribution in [0.4, 0.5) is 0 Å². The normalized spacial score (nSPS) is 16.7. The number of para-hydroxylation sites is 1. The van der Waals surface area contributed by atoms with Gasteiger partial charge in [0.2, 0.25) is 0 Å². The van der Waals surface area contributed by atoms with Gasteiger partial charge >= 0.3 is 5.97 Å². The van der Waals surface area contributed by atoms with E-state index in [1.54, 1.807) is 30.4 Å². The van der Waals surface area contributed by atoms with Gasteiger partial charge in [0.15, 0.2) is 11.5 Å². The van der Waals surface area contributed by atoms with Gasteiger partial charge in [0, 0.05) is 5.56 Å². The van der Waals surface area contributed by atoms with Gasteiger partial charge in [-0.1, -0.05) is 12.1 Å². The Balaban J connectivity index is 2.33. The standard InChI is InChI=1S/C17H17N3O5S/c1-24-13-4-2-3-10(15(13)25-8-7-14(21)22)5-6-12-11(9-18)16(23)20-17(26)19-12/h2-6,17,19,26H,7-8H2,1H3,(H,20,23)(H,21,22)/b6-5+. The summed E-state index contributed by atoms with van der Waals surface area (Å²) in [6.07, 6.45) is 3.03. The summed E-state index contributed by atoms with van der Waals surface area (Å²) in [5.74, 6) is -0.685. The Kier molecular flexibility index (Phi) is 6.52. The van der Waals surface area contributed by atoms with Crippen molar-refractivity contribution < 1.29 is 24.2 Å². The van der Waals surface area contributed by atoms with E-state index in [1.165, 1.54) is 7.11 Å². The number of aliphatic carboxylic acids is 1. The lowest BCUT2D eigenvalue weighted by atomic mass is 10.1. The van der Waals surface area contributed by atoms with Crippen LogP contribution in [0.3, 0.4) is 0 Å². The molecule has 0 radical (unpaired) electrons. The zero-order valence-corrected chi connectivity index (χ0v) is 14.7. The van der Waals surface area contributed by atoms with Gasteiger partial charge in [-0.05, 0) is 18.2 Å². The highest BCUT2D eigenvalue weighted by Crippen LogP contribution is 2.32. The number of rotatable bonds is 7. The zero-order valence-electron chi connectivity index (χ0n) is 13.9. The van der Waals surface area contributed by atoms with E-state index >= 15 is 0 Å². The average Bonchev–Trinajstić information content (AvgIpc) is 2.59. The van der Waals surface area contributed by atoms with Crippen LogP contribution in [-0.4, -0.2) is 36.2 Å². The number of nitriles is 1. The third-order valence-electron chi connectivity index (χ3n) is 3.39. The molecule has 0 fully saturated rings. The van der Waals surface area contributed by atoms with Crippen LogP contribution in [0.15, 0.2) is 35.5 Å². The number of nitrogens with zero attached hydrogens (tertiary/aromatic N) is 1. The van der Waals surface area contributed by atoms with Crippen molar-refractivity contribution in [3.63, 3.8) is 0 Å². The van der Waals surface area contributed by atoms with E-state index < -0.39 is 17.4 Å². The van der Waals surface area contributed by atoms with E-state index in [-0.39, 0.29) is 18.6 Å². The van der Waals surface area contributed by atoms with Crippen LogP contribution in [0.5, 0.6) is 11.5 Å². The molecule has 1 unspecified atom stereocenters. The number of ether oxygens (including phenoxy) is 2. The fraction of sp³-hybridized carbons (Fsp3) is 0.235. The highest BCUT2D eigenvalue weighted by Gasteiger charge is 2.22. The van der Waals surface area contributed by atoms with Gasteiger partial charge in [-0.3, -0.25) is 9.59 Å². The SMILES string of the molecule is COc1cccc(/C=C/C2=C(C#N)C(=O)NC(S)N2)c1OCCC(=O)O. The van der Waals surface area contributed by atoms with E-state index in [2.05, 4.69) is 23.3 Å². The number of thiol groups is 1. The van der Waals surface area contributed by atoms with Crippen molar-refractivity contribution in [2.75, 3.05) is 13.7 Å². The van der Waals surface area contributed by atoms with Crippen LogP contribution in [0.1, 0.15) is 12.0 Å². The molecule has 3 N–H and O–H groups in total. The fourth-order valence-electron chi connectivity index (χ4n) is 2.21. The Hall–Kier alpha value is -3.12. The minimum Gasteiger partial charge on any atom is -0.493 e. The quantitative estimate of drug-likeness (QED) is 0.530. The minimum absolute atomic E-state index is 0.0257. The molecule has 0 bridgehead atoms. The van der Waals surface area contributed by atoms with Crippen LogP contribution >= 0.6 is 12.6 Å². The number of methoxy groups -OCH3 is 1. The molecule has 9 heteroatoms. The Morgan fingerprint density at radius 2 is 2.19 bits per heavy atom. The minimum atomic E-state index is -0.974. The topological polar surface area (TPSA) is 121 Å². The summed E-state index contributed by atoms with van der Waals surface area (Å²) in [5, 5.41) is 23.3. The molecule has 1 amide bonds. The maximum absolute atomic E-state index is 11.8. The molecule has 26 heavy (non-hydrogen) atoms. The van der Waals surface area contributed by atoms with Gasteiger partial charge < -0.3 is 25.2 Å². The maximum atomic E-state index is 11.8. The van der Waals surface area contributed by atoms with Crippen molar-refractivity contribution >= 4 is 30.6 Å². The molecule has 0 saturated heterocycles. The van der Waals surface area contributed by atoms with Crippen molar-refractivity contribution in [2.45, 2.75) is 11.9 Å². The summed E-state index contributed by atoms with van der Waals surface area (Å²) in [7, 11) is 1.47. The number of nitrogens with one attached hydrogen (secondary N) is 2. The lowest BCUT2D eigenvalue weighted by molar-refractivity contribution is -0.137. The smallest absolute Gasteiger partial charge is 0.306 e. The first-order chi connectivity index (χ1) is 12.5. The number of allylic oxidation sites excluding steroid dienone is 1. The molecular weight excluding hydrogens is 358 g/mol. The van der Waals surface area contributed by atoms with Gasteiger partial charge in [-0.2, -0.15) is 5.26 Å². The van der Waals surface area contributed by atoms with Gasteiger partial charge in [0.1, 0.15) is 17.1 Å². The number of carboxylic acid groups (broad SMARTS) is 1. The summed E-state index contributed by atoms with van der Waals surface area (Å²) in [4.78, 5) is 22.5. The van der Waals surface area contributed by atoms with Gasteiger partial charge in [-0.15, -0.1) is 12.6 Å². The summed E-state index contributed by atoms with van der Waals surface area (Å²) in [6.45, 7) is -0.0257. The predicted molar refractivity (Wildman–Crippen MR) is 96.5 cm³/mol. The second kappa shape index (κ2) is 8.82. The number of carboxylic acids is 1. The molecule has 1 aromatic rings. The van der Waals surface area contributed by atoms with Crippen molar-refractivity contribution in [1.29, 1.82) is 5.26 Å². The van der Waals surface area contributed by atoms with E-state index in [9.17, 15) is 9.59 Å². The molecule has 0 saturated carbocycles. The molecule has 1 aliphatic heterocycles. The Morgan fingerprint density at radius 1 is 1.42 bits per heavy atom. The monoisotopic (exact) mass is 375 g/mol. The molecule has 2 rings (SSSR count). The molecule has 1 atom stereocenters. The molecule has 8 nitrogen and oxygen atoms in total. The first kappa shape index (κ1) is 19.2. The molecular formula is C17H17N3O5S. The first-order valence-corrected chi connectivity index (χ1v) is 8.07. The van der Waals surface area contributed by atoms with Crippen LogP contribution < -0.4 is 20.1 Å². The summed E-state index contributed by atoms with van der Waals surface area (Å²) in [6, 6.07) is 7.01. The van der Waals surface area contributed by atoms with Gasteiger partial charge in [-0.25, -0.2) is 0 Å². The Morgan fingerprint density at radius 3 is 2.85 bits per heavy atom. The van der Waals surface area contributed by atoms with Gasteiger partial charge in [0.05, 0.1) is 25.8 Å². The Labute approximate surface area is 155 Å². The van der Waals surface area contributed by atoms with E-state index in [1.807, 2.05) is 6.07 Å². The molecule has 1 aromatic carbocycles. The van der Waals surface area contributed by atoms with Crippen molar-refractivity contribution in [3.05, 3.63) is 41.1 Å². The van der Waals surface area contributed by atoms with E-state index in [0.717, 1.165) is 0 Å². The summed E-state index contributed by atoms with van der Waals surface area (Å²) < 4.78 is 10.8. The molecule has 1 heterocycles. The molecule has 0 spiro atoms. The zero-order chi connectivity index (χ0) is 19.1. The van der Waals surface area contributed by atoms with Crippen LogP contribution in [0, 0.1) is 11.3 Å². The predicted octanol–water partition coefficient (Wildman–Crippen LogP) is 1.27. The van der Waals surface area contributed by atoms with Gasteiger partial charge in [0.25, 0.3) is 5.91 Å². The van der Waals surface area contributed by atoms with Crippen LogP contribution in [0.2, 0.25) is 0 Å². The highest BCUT2D eigenvalue weighted by atomic mass is 32.1. The lowest BCUT2D eigenvalue weighted by Crippen LogP contribution is -2.46. The molecule has 0 aromatic heterocycles. The number of benzene rings is 1. The lowest BCUT2D eigenvalue weighted by Gasteiger charge is -2.22. The Bertz CT molecular complexity index is 813. The third kappa shape index (κ3) is 4.70. The maximum Gasteiger partial charge on any atom is 0.306 e. The summed E-state index contributed by atoms with van der Waals surface area (Å²) in [5.41, 5.74) is 0.234. The van der Waals surface area contributed by atoms with Crippen molar-refractivity contribution in [3.8, 4) is 17.6 Å². The van der Waals surface area contributed by atoms with Crippen LogP contribution in [0.25, 0.3) is 6.08 Å². The molecule has 1 aliphatic rings. The number of hydrogen-bond acceptors (Lipinski definition) is 7. The third-order valence-corrected chi connectivity index (χ3v) is 3.65. The number of carbonyl (C=O) groups excluding carboxylic acids is 1. The largest absolute Gasteiger partial charge is 0.493 e. The van der Waals surface area contributed by atoms with Crippen LogP contribution in [-0.2, 0) is 9.59 Å². The highest BCUT2D eigenvalue weighted by molar-refractivity contribution is 7.80. The first-order valence-electron chi connectivity index (χ1n) is 7.55. The second-order valence-electron chi connectivity index (χ2n) is 5.12. The average molecular weight is 375 g/mol. The fourth-order valence-corrected chi connectivity index (χ4v) is 2.47. The number of hydrogen-bond donors (Lipinski definition) is 4. The number of carbonyl (C=O) groups is 2. The second-order valence-corrected chi connectivity index (χ2v) is 5.64. The number of amides is 1. The summed E-state index contributed by atoms with van der Waals surface area (Å²) >= 11 is 4.14. The van der Waals surface area contributed by atoms with Crippen molar-refractivity contribution in [2.24, 2.45) is 0 Å².